The lowest BCUT2D eigenvalue weighted by molar-refractivity contribution is 0.0172. The van der Waals surface area contributed by atoms with E-state index < -0.39 is 0 Å². The van der Waals surface area contributed by atoms with Crippen LogP contribution in [0.5, 0.6) is 0 Å². The highest BCUT2D eigenvalue weighted by Gasteiger charge is 2.22. The maximum Gasteiger partial charge on any atom is 0.0594 e. The van der Waals surface area contributed by atoms with Crippen molar-refractivity contribution in [3.63, 3.8) is 0 Å². The van der Waals surface area contributed by atoms with Crippen molar-refractivity contribution in [2.75, 3.05) is 39.9 Å². The van der Waals surface area contributed by atoms with Crippen LogP contribution in [0.25, 0.3) is 0 Å². The molecule has 1 saturated heterocycles. The summed E-state index contributed by atoms with van der Waals surface area (Å²) in [5, 5.41) is 5.43. The minimum Gasteiger partial charge on any atom is -0.379 e. The SMILES string of the molecule is CNC[C@H](c1cccs1)N1CCOCC1. The lowest BCUT2D eigenvalue weighted by Crippen LogP contribution is -2.42. The Hall–Kier alpha value is -0.420. The zero-order chi connectivity index (χ0) is 10.5. The third kappa shape index (κ3) is 2.78. The quantitative estimate of drug-likeness (QED) is 0.838. The first-order valence-corrected chi connectivity index (χ1v) is 6.29. The van der Waals surface area contributed by atoms with Crippen LogP contribution in [0, 0.1) is 0 Å². The predicted octanol–water partition coefficient (Wildman–Crippen LogP) is 1.34. The first-order chi connectivity index (χ1) is 7.42. The van der Waals surface area contributed by atoms with Crippen LogP contribution in [-0.4, -0.2) is 44.8 Å². The Balaban J connectivity index is 2.04. The van der Waals surface area contributed by atoms with Crippen molar-refractivity contribution in [2.24, 2.45) is 0 Å². The van der Waals surface area contributed by atoms with Gasteiger partial charge in [0, 0.05) is 24.5 Å². The molecule has 2 rings (SSSR count). The second-order valence-electron chi connectivity index (χ2n) is 3.74. The van der Waals surface area contributed by atoms with Crippen molar-refractivity contribution >= 4 is 11.3 Å². The Labute approximate surface area is 95.0 Å². The van der Waals surface area contributed by atoms with Gasteiger partial charge in [0.2, 0.25) is 0 Å². The van der Waals surface area contributed by atoms with Crippen molar-refractivity contribution in [3.8, 4) is 0 Å². The lowest BCUT2D eigenvalue weighted by Gasteiger charge is -2.33. The smallest absolute Gasteiger partial charge is 0.0594 e. The second-order valence-corrected chi connectivity index (χ2v) is 4.72. The van der Waals surface area contributed by atoms with Gasteiger partial charge in [-0.05, 0) is 18.5 Å². The van der Waals surface area contributed by atoms with Crippen LogP contribution >= 0.6 is 11.3 Å². The van der Waals surface area contributed by atoms with E-state index in [2.05, 4.69) is 27.7 Å². The van der Waals surface area contributed by atoms with Crippen molar-refractivity contribution in [1.82, 2.24) is 10.2 Å². The molecule has 0 unspecified atom stereocenters. The summed E-state index contributed by atoms with van der Waals surface area (Å²) in [6.07, 6.45) is 0. The van der Waals surface area contributed by atoms with Crippen LogP contribution in [-0.2, 0) is 4.74 Å². The van der Waals surface area contributed by atoms with E-state index in [0.29, 0.717) is 6.04 Å². The van der Waals surface area contributed by atoms with Crippen LogP contribution in [0.15, 0.2) is 17.5 Å². The zero-order valence-electron chi connectivity index (χ0n) is 9.11. The number of morpholine rings is 1. The third-order valence-corrected chi connectivity index (χ3v) is 3.73. The van der Waals surface area contributed by atoms with Crippen LogP contribution in [0.3, 0.4) is 0 Å². The number of nitrogens with one attached hydrogen (secondary N) is 1. The standard InChI is InChI=1S/C11H18N2OS/c1-12-9-10(11-3-2-8-15-11)13-4-6-14-7-5-13/h2-3,8,10,12H,4-7,9H2,1H3/t10-/m1/s1. The van der Waals surface area contributed by atoms with E-state index in [1.54, 1.807) is 0 Å². The topological polar surface area (TPSA) is 24.5 Å². The Bertz CT molecular complexity index is 270. The maximum atomic E-state index is 5.39. The molecule has 1 N–H and O–H groups in total. The monoisotopic (exact) mass is 226 g/mol. The first-order valence-electron chi connectivity index (χ1n) is 5.41. The molecule has 0 bridgehead atoms. The fourth-order valence-corrected chi connectivity index (χ4v) is 2.83. The highest BCUT2D eigenvalue weighted by atomic mass is 32.1. The lowest BCUT2D eigenvalue weighted by atomic mass is 10.2. The Morgan fingerprint density at radius 2 is 2.33 bits per heavy atom. The molecular weight excluding hydrogens is 208 g/mol. The van der Waals surface area contributed by atoms with Crippen molar-refractivity contribution in [2.45, 2.75) is 6.04 Å². The summed E-state index contributed by atoms with van der Waals surface area (Å²) in [5.41, 5.74) is 0. The first kappa shape index (κ1) is 11.1. The van der Waals surface area contributed by atoms with Crippen molar-refractivity contribution in [1.29, 1.82) is 0 Å². The second kappa shape index (κ2) is 5.61. The van der Waals surface area contributed by atoms with Crippen LogP contribution in [0.4, 0.5) is 0 Å². The summed E-state index contributed by atoms with van der Waals surface area (Å²) in [6, 6.07) is 4.87. The molecule has 1 aliphatic heterocycles. The predicted molar refractivity (Wildman–Crippen MR) is 63.4 cm³/mol. The number of ether oxygens (including phenoxy) is 1. The summed E-state index contributed by atoms with van der Waals surface area (Å²) in [6.45, 7) is 4.84. The molecule has 1 aromatic rings. The molecule has 0 saturated carbocycles. The fraction of sp³-hybridized carbons (Fsp3) is 0.636. The van der Waals surface area contributed by atoms with Crippen molar-refractivity contribution < 1.29 is 4.74 Å². The Kier molecular flexibility index (Phi) is 4.14. The van der Waals surface area contributed by atoms with E-state index in [0.717, 1.165) is 32.8 Å². The molecule has 0 aliphatic carbocycles. The summed E-state index contributed by atoms with van der Waals surface area (Å²) in [5.74, 6) is 0. The van der Waals surface area contributed by atoms with Gasteiger partial charge >= 0.3 is 0 Å². The molecule has 0 amide bonds. The van der Waals surface area contributed by atoms with Gasteiger partial charge in [0.15, 0.2) is 0 Å². The molecule has 2 heterocycles. The van der Waals surface area contributed by atoms with Gasteiger partial charge in [-0.25, -0.2) is 0 Å². The van der Waals surface area contributed by atoms with E-state index in [4.69, 9.17) is 4.74 Å². The van der Waals surface area contributed by atoms with E-state index >= 15 is 0 Å². The molecule has 1 fully saturated rings. The van der Waals surface area contributed by atoms with Gasteiger partial charge in [-0.15, -0.1) is 11.3 Å². The van der Waals surface area contributed by atoms with E-state index in [1.165, 1.54) is 4.88 Å². The number of hydrogen-bond acceptors (Lipinski definition) is 4. The molecule has 0 radical (unpaired) electrons. The van der Waals surface area contributed by atoms with Gasteiger partial charge in [0.1, 0.15) is 0 Å². The average Bonchev–Trinajstić information content (AvgIpc) is 2.80. The molecule has 15 heavy (non-hydrogen) atoms. The number of nitrogens with zero attached hydrogens (tertiary/aromatic N) is 1. The van der Waals surface area contributed by atoms with Gasteiger partial charge in [-0.2, -0.15) is 0 Å². The number of rotatable bonds is 4. The molecule has 1 aromatic heterocycles. The molecular formula is C11H18N2OS. The maximum absolute atomic E-state index is 5.39. The van der Waals surface area contributed by atoms with Gasteiger partial charge in [-0.1, -0.05) is 6.07 Å². The molecule has 0 spiro atoms. The molecule has 1 aliphatic rings. The van der Waals surface area contributed by atoms with E-state index in [9.17, 15) is 0 Å². The normalized spacial score (nSPS) is 20.3. The van der Waals surface area contributed by atoms with Crippen LogP contribution in [0.2, 0.25) is 0 Å². The zero-order valence-corrected chi connectivity index (χ0v) is 9.93. The highest BCUT2D eigenvalue weighted by Crippen LogP contribution is 2.25. The molecule has 84 valence electrons. The average molecular weight is 226 g/mol. The molecule has 4 heteroatoms. The fourth-order valence-electron chi connectivity index (χ4n) is 1.97. The molecule has 1 atom stereocenters. The van der Waals surface area contributed by atoms with E-state index in [1.807, 2.05) is 18.4 Å². The summed E-state index contributed by atoms with van der Waals surface area (Å²) < 4.78 is 5.39. The third-order valence-electron chi connectivity index (χ3n) is 2.76. The van der Waals surface area contributed by atoms with Gasteiger partial charge in [-0.3, -0.25) is 4.90 Å². The summed E-state index contributed by atoms with van der Waals surface area (Å²) in [4.78, 5) is 3.96. The summed E-state index contributed by atoms with van der Waals surface area (Å²) in [7, 11) is 2.01. The highest BCUT2D eigenvalue weighted by molar-refractivity contribution is 7.10. The summed E-state index contributed by atoms with van der Waals surface area (Å²) >= 11 is 1.84. The molecule has 0 aromatic carbocycles. The van der Waals surface area contributed by atoms with Gasteiger partial charge in [0.05, 0.1) is 19.3 Å². The minimum atomic E-state index is 0.513. The minimum absolute atomic E-state index is 0.513. The number of thiophene rings is 1. The number of hydrogen-bond donors (Lipinski definition) is 1. The van der Waals surface area contributed by atoms with E-state index in [-0.39, 0.29) is 0 Å². The van der Waals surface area contributed by atoms with Gasteiger partial charge in [0.25, 0.3) is 0 Å². The Morgan fingerprint density at radius 1 is 1.53 bits per heavy atom. The van der Waals surface area contributed by atoms with Crippen molar-refractivity contribution in [3.05, 3.63) is 22.4 Å². The van der Waals surface area contributed by atoms with Gasteiger partial charge < -0.3 is 10.1 Å². The number of likely N-dealkylation sites (N-methyl/N-ethyl adjacent to an activating group) is 1. The molecule has 3 nitrogen and oxygen atoms in total. The van der Waals surface area contributed by atoms with Crippen LogP contribution in [0.1, 0.15) is 10.9 Å². The van der Waals surface area contributed by atoms with Crippen LogP contribution < -0.4 is 5.32 Å². The Morgan fingerprint density at radius 3 is 2.93 bits per heavy atom. The largest absolute Gasteiger partial charge is 0.379 e.